The minimum absolute atomic E-state index is 0.113. The van der Waals surface area contributed by atoms with Crippen LogP contribution in [-0.2, 0) is 0 Å². The van der Waals surface area contributed by atoms with E-state index in [0.717, 1.165) is 8.66 Å². The normalized spacial score (nSPS) is 10.2. The molecule has 0 fully saturated rings. The molecule has 2 heterocycles. The number of aromatic nitrogens is 1. The molecule has 2 aromatic heterocycles. The maximum absolute atomic E-state index is 11.1. The zero-order chi connectivity index (χ0) is 12.4. The van der Waals surface area contributed by atoms with Crippen molar-refractivity contribution in [3.8, 4) is 16.3 Å². The van der Waals surface area contributed by atoms with Gasteiger partial charge in [-0.3, -0.25) is 4.98 Å². The fourth-order valence-corrected chi connectivity index (χ4v) is 2.71. The van der Waals surface area contributed by atoms with Crippen molar-refractivity contribution in [1.82, 2.24) is 4.98 Å². The summed E-state index contributed by atoms with van der Waals surface area (Å²) in [6, 6.07) is 5.29. The van der Waals surface area contributed by atoms with Gasteiger partial charge in [0.2, 0.25) is 0 Å². The number of hydrogen-bond acceptors (Lipinski definition) is 4. The van der Waals surface area contributed by atoms with Crippen LogP contribution in [0.4, 0.5) is 0 Å². The lowest BCUT2D eigenvalue weighted by molar-refractivity contribution is 0.0693. The molecule has 88 valence electrons. The number of carboxylic acid groups (broad SMARTS) is 1. The summed E-state index contributed by atoms with van der Waals surface area (Å²) in [5.74, 6) is -0.766. The van der Waals surface area contributed by atoms with Crippen molar-refractivity contribution in [2.75, 3.05) is 7.11 Å². The molecule has 2 rings (SSSR count). The third-order valence-electron chi connectivity index (χ3n) is 2.14. The highest BCUT2D eigenvalue weighted by Gasteiger charge is 2.14. The average molecular weight is 314 g/mol. The first-order chi connectivity index (χ1) is 8.11. The highest BCUT2D eigenvalue weighted by Crippen LogP contribution is 2.32. The van der Waals surface area contributed by atoms with Crippen LogP contribution in [0.1, 0.15) is 10.4 Å². The Morgan fingerprint density at radius 1 is 1.53 bits per heavy atom. The maximum Gasteiger partial charge on any atom is 0.339 e. The zero-order valence-corrected chi connectivity index (χ0v) is 11.2. The number of thiophene rings is 1. The zero-order valence-electron chi connectivity index (χ0n) is 8.81. The summed E-state index contributed by atoms with van der Waals surface area (Å²) in [5.41, 5.74) is 0.737. The molecule has 17 heavy (non-hydrogen) atoms. The summed E-state index contributed by atoms with van der Waals surface area (Å²) in [4.78, 5) is 16.1. The van der Waals surface area contributed by atoms with Gasteiger partial charge in [0, 0.05) is 0 Å². The maximum atomic E-state index is 11.1. The smallest absolute Gasteiger partial charge is 0.339 e. The van der Waals surface area contributed by atoms with Crippen molar-refractivity contribution in [3.63, 3.8) is 0 Å². The molecule has 0 radical (unpaired) electrons. The second kappa shape index (κ2) is 4.85. The molecule has 0 aliphatic carbocycles. The Kier molecular flexibility index (Phi) is 3.44. The van der Waals surface area contributed by atoms with E-state index in [1.807, 2.05) is 12.1 Å². The predicted molar refractivity (Wildman–Crippen MR) is 68.8 cm³/mol. The van der Waals surface area contributed by atoms with E-state index < -0.39 is 5.97 Å². The van der Waals surface area contributed by atoms with Gasteiger partial charge in [-0.2, -0.15) is 0 Å². The topological polar surface area (TPSA) is 59.4 Å². The minimum Gasteiger partial charge on any atom is -0.494 e. The molecule has 0 aliphatic heterocycles. The molecule has 0 saturated carbocycles. The molecular weight excluding hydrogens is 306 g/mol. The van der Waals surface area contributed by atoms with E-state index in [-0.39, 0.29) is 11.3 Å². The SMILES string of the molecule is COc1cnc(-c2ccc(Br)s2)cc1C(=O)O. The van der Waals surface area contributed by atoms with Gasteiger partial charge in [0.15, 0.2) is 5.75 Å². The van der Waals surface area contributed by atoms with Crippen LogP contribution in [0.2, 0.25) is 0 Å². The first kappa shape index (κ1) is 12.1. The third-order valence-corrected chi connectivity index (χ3v) is 3.79. The Bertz CT molecular complexity index is 568. The summed E-state index contributed by atoms with van der Waals surface area (Å²) >= 11 is 4.85. The molecular formula is C11H8BrNO3S. The highest BCUT2D eigenvalue weighted by atomic mass is 79.9. The Morgan fingerprint density at radius 2 is 2.29 bits per heavy atom. The van der Waals surface area contributed by atoms with Gasteiger partial charge in [0.25, 0.3) is 0 Å². The van der Waals surface area contributed by atoms with Gasteiger partial charge in [-0.05, 0) is 34.1 Å². The molecule has 0 aromatic carbocycles. The number of ether oxygens (including phenoxy) is 1. The van der Waals surface area contributed by atoms with Gasteiger partial charge >= 0.3 is 5.97 Å². The molecule has 2 aromatic rings. The Labute approximate surface area is 110 Å². The molecule has 4 nitrogen and oxygen atoms in total. The molecule has 1 N–H and O–H groups in total. The van der Waals surface area contributed by atoms with Crippen molar-refractivity contribution < 1.29 is 14.6 Å². The van der Waals surface area contributed by atoms with E-state index in [2.05, 4.69) is 20.9 Å². The number of carboxylic acids is 1. The van der Waals surface area contributed by atoms with E-state index in [1.165, 1.54) is 30.7 Å². The van der Waals surface area contributed by atoms with Crippen LogP contribution in [0.25, 0.3) is 10.6 Å². The molecule has 6 heteroatoms. The summed E-state index contributed by atoms with van der Waals surface area (Å²) in [7, 11) is 1.42. The van der Waals surface area contributed by atoms with Gasteiger partial charge in [-0.15, -0.1) is 11.3 Å². The van der Waals surface area contributed by atoms with E-state index in [4.69, 9.17) is 9.84 Å². The van der Waals surface area contributed by atoms with Crippen molar-refractivity contribution >= 4 is 33.2 Å². The first-order valence-corrected chi connectivity index (χ1v) is 6.26. The van der Waals surface area contributed by atoms with Crippen molar-refractivity contribution in [1.29, 1.82) is 0 Å². The molecule has 0 aliphatic rings. The predicted octanol–water partition coefficient (Wildman–Crippen LogP) is 3.28. The van der Waals surface area contributed by atoms with E-state index >= 15 is 0 Å². The fraction of sp³-hybridized carbons (Fsp3) is 0.0909. The summed E-state index contributed by atoms with van der Waals surface area (Å²) in [6.07, 6.45) is 1.42. The van der Waals surface area contributed by atoms with E-state index in [1.54, 1.807) is 0 Å². The van der Waals surface area contributed by atoms with Gasteiger partial charge in [-0.25, -0.2) is 4.79 Å². The van der Waals surface area contributed by atoms with Crippen molar-refractivity contribution in [2.45, 2.75) is 0 Å². The molecule has 0 atom stereocenters. The van der Waals surface area contributed by atoms with Crippen LogP contribution < -0.4 is 4.74 Å². The highest BCUT2D eigenvalue weighted by molar-refractivity contribution is 9.11. The summed E-state index contributed by atoms with van der Waals surface area (Å²) in [5, 5.41) is 9.06. The lowest BCUT2D eigenvalue weighted by atomic mass is 10.2. The lowest BCUT2D eigenvalue weighted by Crippen LogP contribution is -2.01. The Hall–Kier alpha value is -1.40. The Balaban J connectivity index is 2.50. The van der Waals surface area contributed by atoms with Crippen LogP contribution in [0.15, 0.2) is 28.2 Å². The molecule has 0 saturated heterocycles. The van der Waals surface area contributed by atoms with Crippen LogP contribution >= 0.6 is 27.3 Å². The Morgan fingerprint density at radius 3 is 2.82 bits per heavy atom. The van der Waals surface area contributed by atoms with Crippen LogP contribution in [0, 0.1) is 0 Å². The number of carbonyl (C=O) groups is 1. The van der Waals surface area contributed by atoms with Gasteiger partial charge in [0.1, 0.15) is 5.56 Å². The molecule has 0 amide bonds. The third kappa shape index (κ3) is 2.48. The van der Waals surface area contributed by atoms with Crippen molar-refractivity contribution in [2.24, 2.45) is 0 Å². The second-order valence-corrected chi connectivity index (χ2v) is 5.64. The molecule has 0 bridgehead atoms. The van der Waals surface area contributed by atoms with Crippen LogP contribution in [-0.4, -0.2) is 23.2 Å². The monoisotopic (exact) mass is 313 g/mol. The molecule has 0 spiro atoms. The van der Waals surface area contributed by atoms with Gasteiger partial charge < -0.3 is 9.84 Å². The first-order valence-electron chi connectivity index (χ1n) is 4.65. The average Bonchev–Trinajstić information content (AvgIpc) is 2.75. The number of methoxy groups -OCH3 is 1. The lowest BCUT2D eigenvalue weighted by Gasteiger charge is -2.05. The quantitative estimate of drug-likeness (QED) is 0.944. The van der Waals surface area contributed by atoms with E-state index in [9.17, 15) is 4.79 Å². The summed E-state index contributed by atoms with van der Waals surface area (Å²) in [6.45, 7) is 0. The van der Waals surface area contributed by atoms with Gasteiger partial charge in [-0.1, -0.05) is 0 Å². The number of aromatic carboxylic acids is 1. The standard InChI is InChI=1S/C11H8BrNO3S/c1-16-8-5-13-7(4-6(8)11(14)15)9-2-3-10(12)17-9/h2-5H,1H3,(H,14,15). The van der Waals surface area contributed by atoms with E-state index in [0.29, 0.717) is 5.69 Å². The number of rotatable bonds is 3. The second-order valence-electron chi connectivity index (χ2n) is 3.18. The number of pyridine rings is 1. The van der Waals surface area contributed by atoms with Gasteiger partial charge in [0.05, 0.1) is 27.7 Å². The minimum atomic E-state index is -1.03. The summed E-state index contributed by atoms with van der Waals surface area (Å²) < 4.78 is 5.93. The molecule has 0 unspecified atom stereocenters. The largest absolute Gasteiger partial charge is 0.494 e. The van der Waals surface area contributed by atoms with Crippen molar-refractivity contribution in [3.05, 3.63) is 33.7 Å². The number of hydrogen-bond donors (Lipinski definition) is 1. The number of nitrogens with zero attached hydrogens (tertiary/aromatic N) is 1. The number of halogens is 1. The fourth-order valence-electron chi connectivity index (χ4n) is 1.36. The van der Waals surface area contributed by atoms with Crippen LogP contribution in [0.3, 0.4) is 0 Å². The van der Waals surface area contributed by atoms with Crippen LogP contribution in [0.5, 0.6) is 5.75 Å².